The Morgan fingerprint density at radius 3 is 2.17 bits per heavy atom. The molecule has 0 aromatic heterocycles. The van der Waals surface area contributed by atoms with Crippen molar-refractivity contribution in [2.75, 3.05) is 6.26 Å². The Balaban J connectivity index is 0.000000429. The van der Waals surface area contributed by atoms with Crippen molar-refractivity contribution in [2.24, 2.45) is 10.7 Å². The second kappa shape index (κ2) is 9.70. The Kier molecular flexibility index (Phi) is 7.27. The number of carbonyl (C=O) groups is 1. The van der Waals surface area contributed by atoms with Crippen LogP contribution in [0.5, 0.6) is 5.75 Å². The van der Waals surface area contributed by atoms with E-state index in [1.165, 1.54) is 0 Å². The number of alkyl halides is 3. The number of nitrogens with zero attached hydrogens (tertiary/aromatic N) is 1. The molecule has 0 radical (unpaired) electrons. The fourth-order valence-corrected chi connectivity index (χ4v) is 4.43. The van der Waals surface area contributed by atoms with Gasteiger partial charge in [-0.15, -0.1) is 0 Å². The standard InChI is InChI=1S/C21H17BrN2O3S.C2HF3O2/c1-28(25,26)27-17-11-9-14(10-12-17)21(15-5-4-6-16(22)13-15)19-8-3-2-7-18(19)20(23)24-21;3-2(4,5)1(6)7/h2-13H,1H3,(H2,23,24);(H,6,7). The van der Waals surface area contributed by atoms with Gasteiger partial charge in [0.15, 0.2) is 0 Å². The van der Waals surface area contributed by atoms with Crippen molar-refractivity contribution in [1.29, 1.82) is 0 Å². The van der Waals surface area contributed by atoms with E-state index in [2.05, 4.69) is 15.9 Å². The van der Waals surface area contributed by atoms with E-state index in [-0.39, 0.29) is 5.75 Å². The lowest BCUT2D eigenvalue weighted by molar-refractivity contribution is -0.192. The molecule has 1 unspecified atom stereocenters. The van der Waals surface area contributed by atoms with Gasteiger partial charge in [0, 0.05) is 10.0 Å². The summed E-state index contributed by atoms with van der Waals surface area (Å²) < 4.78 is 60.4. The minimum Gasteiger partial charge on any atom is -0.475 e. The number of aliphatic imine (C=N–C) groups is 1. The topological polar surface area (TPSA) is 119 Å². The lowest BCUT2D eigenvalue weighted by Crippen LogP contribution is -2.25. The first-order valence-electron chi connectivity index (χ1n) is 9.75. The maximum atomic E-state index is 11.4. The molecule has 3 N–H and O–H groups in total. The van der Waals surface area contributed by atoms with Crippen LogP contribution in [-0.2, 0) is 20.5 Å². The molecule has 1 heterocycles. The number of amidine groups is 1. The summed E-state index contributed by atoms with van der Waals surface area (Å²) in [6, 6.07) is 22.7. The summed E-state index contributed by atoms with van der Waals surface area (Å²) in [5.74, 6) is -2.04. The van der Waals surface area contributed by atoms with Crippen molar-refractivity contribution in [3.8, 4) is 5.75 Å². The molecular formula is C23H18BrF3N2O5S. The van der Waals surface area contributed by atoms with Crippen molar-refractivity contribution in [3.63, 3.8) is 0 Å². The fraction of sp³-hybridized carbons (Fsp3) is 0.130. The van der Waals surface area contributed by atoms with E-state index >= 15 is 0 Å². The van der Waals surface area contributed by atoms with Gasteiger partial charge in [0.2, 0.25) is 0 Å². The third-order valence-corrected chi connectivity index (χ3v) is 5.87. The average molecular weight is 571 g/mol. The first-order valence-corrected chi connectivity index (χ1v) is 12.4. The summed E-state index contributed by atoms with van der Waals surface area (Å²) in [5, 5.41) is 7.12. The lowest BCUT2D eigenvalue weighted by Gasteiger charge is -2.29. The van der Waals surface area contributed by atoms with Gasteiger partial charge in [0.25, 0.3) is 0 Å². The fourth-order valence-electron chi connectivity index (χ4n) is 3.57. The molecule has 0 saturated carbocycles. The predicted octanol–water partition coefficient (Wildman–Crippen LogP) is 4.43. The zero-order valence-electron chi connectivity index (χ0n) is 18.0. The quantitative estimate of drug-likeness (QED) is 0.448. The number of halogens is 4. The summed E-state index contributed by atoms with van der Waals surface area (Å²) in [4.78, 5) is 13.8. The van der Waals surface area contributed by atoms with Crippen molar-refractivity contribution in [2.45, 2.75) is 11.7 Å². The summed E-state index contributed by atoms with van der Waals surface area (Å²) >= 11 is 3.54. The number of aliphatic carboxylic acids is 1. The Bertz CT molecular complexity index is 1390. The molecule has 7 nitrogen and oxygen atoms in total. The van der Waals surface area contributed by atoms with Crippen LogP contribution in [-0.4, -0.2) is 37.8 Å². The number of nitrogens with two attached hydrogens (primary N) is 1. The molecule has 35 heavy (non-hydrogen) atoms. The molecule has 1 aliphatic rings. The smallest absolute Gasteiger partial charge is 0.475 e. The van der Waals surface area contributed by atoms with Gasteiger partial charge in [-0.2, -0.15) is 21.6 Å². The maximum Gasteiger partial charge on any atom is 0.490 e. The SMILES string of the molecule is CS(=O)(=O)Oc1ccc(C2(c3cccc(Br)c3)N=C(N)c3ccccc32)cc1.O=C(O)C(F)(F)F. The van der Waals surface area contributed by atoms with Crippen molar-refractivity contribution >= 4 is 37.9 Å². The van der Waals surface area contributed by atoms with E-state index in [4.69, 9.17) is 24.8 Å². The minimum absolute atomic E-state index is 0.249. The monoisotopic (exact) mass is 570 g/mol. The van der Waals surface area contributed by atoms with Crippen LogP contribution >= 0.6 is 15.9 Å². The Labute approximate surface area is 207 Å². The van der Waals surface area contributed by atoms with Crippen LogP contribution in [0.25, 0.3) is 0 Å². The molecule has 0 fully saturated rings. The highest BCUT2D eigenvalue weighted by atomic mass is 79.9. The second-order valence-corrected chi connectivity index (χ2v) is 9.87. The van der Waals surface area contributed by atoms with Gasteiger partial charge in [-0.3, -0.25) is 0 Å². The van der Waals surface area contributed by atoms with E-state index in [1.807, 2.05) is 60.7 Å². The van der Waals surface area contributed by atoms with Gasteiger partial charge in [-0.25, -0.2) is 9.79 Å². The number of benzene rings is 3. The van der Waals surface area contributed by atoms with Crippen molar-refractivity contribution in [3.05, 3.63) is 99.5 Å². The van der Waals surface area contributed by atoms with Crippen LogP contribution < -0.4 is 9.92 Å². The lowest BCUT2D eigenvalue weighted by atomic mass is 9.77. The molecule has 184 valence electrons. The van der Waals surface area contributed by atoms with Gasteiger partial charge in [0.1, 0.15) is 17.1 Å². The number of carboxylic acids is 1. The molecule has 0 spiro atoms. The maximum absolute atomic E-state index is 11.4. The van der Waals surface area contributed by atoms with Crippen LogP contribution in [0.4, 0.5) is 13.2 Å². The van der Waals surface area contributed by atoms with Gasteiger partial charge < -0.3 is 15.0 Å². The third-order valence-electron chi connectivity index (χ3n) is 4.89. The number of rotatable bonds is 4. The molecule has 3 aromatic carbocycles. The second-order valence-electron chi connectivity index (χ2n) is 7.38. The molecule has 1 aliphatic heterocycles. The van der Waals surface area contributed by atoms with Crippen LogP contribution in [0.15, 0.2) is 82.3 Å². The van der Waals surface area contributed by atoms with Gasteiger partial charge in [0.05, 0.1) is 6.26 Å². The van der Waals surface area contributed by atoms with Crippen molar-refractivity contribution < 1.29 is 35.7 Å². The zero-order chi connectivity index (χ0) is 26.0. The van der Waals surface area contributed by atoms with E-state index in [1.54, 1.807) is 12.1 Å². The van der Waals surface area contributed by atoms with Crippen LogP contribution in [0.1, 0.15) is 22.3 Å². The Hall–Kier alpha value is -3.38. The summed E-state index contributed by atoms with van der Waals surface area (Å²) in [6.45, 7) is 0. The number of hydrogen-bond acceptors (Lipinski definition) is 6. The number of carboxylic acid groups (broad SMARTS) is 1. The molecule has 0 amide bonds. The van der Waals surface area contributed by atoms with Crippen LogP contribution in [0.2, 0.25) is 0 Å². The molecule has 4 rings (SSSR count). The first kappa shape index (κ1) is 26.2. The molecule has 0 aliphatic carbocycles. The van der Waals surface area contributed by atoms with Crippen molar-refractivity contribution in [1.82, 2.24) is 0 Å². The third kappa shape index (κ3) is 5.82. The minimum atomic E-state index is -5.08. The predicted molar refractivity (Wildman–Crippen MR) is 127 cm³/mol. The highest BCUT2D eigenvalue weighted by Crippen LogP contribution is 2.46. The molecule has 3 aromatic rings. The van der Waals surface area contributed by atoms with E-state index in [9.17, 15) is 21.6 Å². The number of fused-ring (bicyclic) bond motifs is 1. The van der Waals surface area contributed by atoms with E-state index in [0.29, 0.717) is 5.84 Å². The summed E-state index contributed by atoms with van der Waals surface area (Å²) in [7, 11) is -3.59. The molecular weight excluding hydrogens is 553 g/mol. The van der Waals surface area contributed by atoms with Gasteiger partial charge in [-0.05, 0) is 41.0 Å². The summed E-state index contributed by atoms with van der Waals surface area (Å²) in [6.07, 6.45) is -4.07. The largest absolute Gasteiger partial charge is 0.490 e. The molecule has 12 heteroatoms. The first-order chi connectivity index (χ1) is 16.2. The highest BCUT2D eigenvalue weighted by Gasteiger charge is 2.42. The van der Waals surface area contributed by atoms with Crippen LogP contribution in [0.3, 0.4) is 0 Å². The van der Waals surface area contributed by atoms with E-state index in [0.717, 1.165) is 33.0 Å². The molecule has 0 bridgehead atoms. The average Bonchev–Trinajstić information content (AvgIpc) is 3.07. The normalized spacial score (nSPS) is 17.0. The zero-order valence-corrected chi connectivity index (χ0v) is 20.4. The molecule has 0 saturated heterocycles. The Morgan fingerprint density at radius 2 is 1.63 bits per heavy atom. The number of hydrogen-bond donors (Lipinski definition) is 2. The highest BCUT2D eigenvalue weighted by molar-refractivity contribution is 9.10. The van der Waals surface area contributed by atoms with Gasteiger partial charge in [-0.1, -0.05) is 64.5 Å². The molecule has 1 atom stereocenters. The van der Waals surface area contributed by atoms with Gasteiger partial charge >= 0.3 is 22.3 Å². The summed E-state index contributed by atoms with van der Waals surface area (Å²) in [5.41, 5.74) is 9.13. The van der Waals surface area contributed by atoms with E-state index < -0.39 is 27.8 Å². The Morgan fingerprint density at radius 1 is 1.03 bits per heavy atom. The van der Waals surface area contributed by atoms with Crippen LogP contribution in [0, 0.1) is 0 Å².